The van der Waals surface area contributed by atoms with Crippen LogP contribution in [0.5, 0.6) is 0 Å². The van der Waals surface area contributed by atoms with E-state index in [2.05, 4.69) is 9.97 Å². The molecular weight excluding hydrogens is 382 g/mol. The van der Waals surface area contributed by atoms with Gasteiger partial charge in [-0.1, -0.05) is 60.7 Å². The van der Waals surface area contributed by atoms with Crippen LogP contribution in [0.2, 0.25) is 0 Å². The molecule has 0 aliphatic carbocycles. The molecule has 0 fully saturated rings. The minimum atomic E-state index is -0.0875. The first-order valence-electron chi connectivity index (χ1n) is 10.1. The second kappa shape index (κ2) is 7.92. The van der Waals surface area contributed by atoms with Crippen LogP contribution in [-0.2, 0) is 0 Å². The number of allylic oxidation sites excluding steroid dienone is 1. The summed E-state index contributed by atoms with van der Waals surface area (Å²) in [6.45, 7) is 1.89. The van der Waals surface area contributed by atoms with Crippen LogP contribution in [0.15, 0.2) is 91.3 Å². The molecule has 0 saturated carbocycles. The lowest BCUT2D eigenvalue weighted by Crippen LogP contribution is -2.05. The van der Waals surface area contributed by atoms with E-state index in [1.165, 1.54) is 0 Å². The molecule has 2 aromatic heterocycles. The average molecular weight is 401 g/mol. The zero-order chi connectivity index (χ0) is 21.2. The third-order valence-corrected chi connectivity index (χ3v) is 5.33. The van der Waals surface area contributed by atoms with Crippen LogP contribution in [-0.4, -0.2) is 20.7 Å². The summed E-state index contributed by atoms with van der Waals surface area (Å²) < 4.78 is 0. The Bertz CT molecular complexity index is 1450. The van der Waals surface area contributed by atoms with Gasteiger partial charge in [0.2, 0.25) is 0 Å². The number of nitrogens with zero attached hydrogens (tertiary/aromatic N) is 3. The van der Waals surface area contributed by atoms with E-state index >= 15 is 0 Å². The van der Waals surface area contributed by atoms with Crippen LogP contribution in [0.25, 0.3) is 39.1 Å². The van der Waals surface area contributed by atoms with Gasteiger partial charge in [0.05, 0.1) is 22.1 Å². The molecule has 0 radical (unpaired) electrons. The number of carbonyl (C=O) groups excluding carboxylic acids is 1. The Morgan fingerprint density at radius 1 is 0.806 bits per heavy atom. The third-order valence-electron chi connectivity index (χ3n) is 5.33. The number of carbonyl (C=O) groups is 1. The van der Waals surface area contributed by atoms with Crippen molar-refractivity contribution in [2.45, 2.75) is 6.92 Å². The summed E-state index contributed by atoms with van der Waals surface area (Å²) in [6, 6.07) is 23.7. The van der Waals surface area contributed by atoms with Crippen LogP contribution in [0, 0.1) is 6.92 Å². The van der Waals surface area contributed by atoms with E-state index in [0.717, 1.165) is 38.6 Å². The molecule has 2 heterocycles. The van der Waals surface area contributed by atoms with Crippen molar-refractivity contribution in [2.75, 3.05) is 0 Å². The molecule has 0 atom stereocenters. The smallest absolute Gasteiger partial charge is 0.188 e. The van der Waals surface area contributed by atoms with Crippen molar-refractivity contribution in [3.8, 4) is 11.1 Å². The summed E-state index contributed by atoms with van der Waals surface area (Å²) in [5.41, 5.74) is 6.54. The van der Waals surface area contributed by atoms with E-state index in [1.807, 2.05) is 85.8 Å². The molecule has 4 nitrogen and oxygen atoms in total. The molecule has 3 aromatic carbocycles. The van der Waals surface area contributed by atoms with Gasteiger partial charge >= 0.3 is 0 Å². The molecule has 4 heteroatoms. The summed E-state index contributed by atoms with van der Waals surface area (Å²) in [7, 11) is 0. The van der Waals surface area contributed by atoms with Gasteiger partial charge in [0, 0.05) is 34.6 Å². The second-order valence-electron chi connectivity index (χ2n) is 7.30. The highest BCUT2D eigenvalue weighted by Gasteiger charge is 2.18. The molecule has 5 rings (SSSR count). The van der Waals surface area contributed by atoms with E-state index in [4.69, 9.17) is 4.98 Å². The molecule has 0 bridgehead atoms. The van der Waals surface area contributed by atoms with Crippen LogP contribution >= 0.6 is 0 Å². The first kappa shape index (κ1) is 18.8. The molecule has 0 amide bonds. The molecule has 0 saturated heterocycles. The fourth-order valence-electron chi connectivity index (χ4n) is 3.94. The van der Waals surface area contributed by atoms with Crippen molar-refractivity contribution in [2.24, 2.45) is 0 Å². The molecule has 31 heavy (non-hydrogen) atoms. The number of rotatable bonds is 4. The topological polar surface area (TPSA) is 55.7 Å². The van der Waals surface area contributed by atoms with Crippen LogP contribution in [0.1, 0.15) is 21.6 Å². The number of ketones is 1. The van der Waals surface area contributed by atoms with E-state index < -0.39 is 0 Å². The summed E-state index contributed by atoms with van der Waals surface area (Å²) in [5, 5.41) is 0.965. The predicted octanol–water partition coefficient (Wildman–Crippen LogP) is 6.05. The number of fused-ring (bicyclic) bond motifs is 2. The maximum Gasteiger partial charge on any atom is 0.188 e. The number of aromatic nitrogens is 3. The highest BCUT2D eigenvalue weighted by atomic mass is 16.1. The van der Waals surface area contributed by atoms with E-state index in [9.17, 15) is 4.79 Å². The molecule has 148 valence electrons. The molecule has 0 aliphatic heterocycles. The monoisotopic (exact) mass is 401 g/mol. The van der Waals surface area contributed by atoms with Crippen molar-refractivity contribution in [1.82, 2.24) is 15.0 Å². The average Bonchev–Trinajstić information content (AvgIpc) is 2.82. The van der Waals surface area contributed by atoms with Gasteiger partial charge in [-0.15, -0.1) is 0 Å². The van der Waals surface area contributed by atoms with E-state index in [0.29, 0.717) is 11.3 Å². The Morgan fingerprint density at radius 2 is 1.55 bits per heavy atom. The molecule has 0 N–H and O–H groups in total. The third kappa shape index (κ3) is 3.49. The Morgan fingerprint density at radius 3 is 2.42 bits per heavy atom. The first-order valence-corrected chi connectivity index (χ1v) is 10.1. The highest BCUT2D eigenvalue weighted by molar-refractivity contribution is 6.16. The number of hydrogen-bond acceptors (Lipinski definition) is 4. The van der Waals surface area contributed by atoms with Gasteiger partial charge < -0.3 is 0 Å². The molecule has 0 aliphatic rings. The molecule has 0 spiro atoms. The van der Waals surface area contributed by atoms with Crippen LogP contribution < -0.4 is 0 Å². The summed E-state index contributed by atoms with van der Waals surface area (Å²) in [4.78, 5) is 26.9. The zero-order valence-electron chi connectivity index (χ0n) is 17.0. The first-order chi connectivity index (χ1) is 15.2. The van der Waals surface area contributed by atoms with E-state index in [1.54, 1.807) is 18.5 Å². The normalized spacial score (nSPS) is 11.4. The molecule has 0 unspecified atom stereocenters. The summed E-state index contributed by atoms with van der Waals surface area (Å²) in [6.07, 6.45) is 6.74. The van der Waals surface area contributed by atoms with Crippen LogP contribution in [0.3, 0.4) is 0 Å². The Hall–Kier alpha value is -4.18. The number of aryl methyl sites for hydroxylation is 1. The number of benzene rings is 3. The summed E-state index contributed by atoms with van der Waals surface area (Å²) in [5.74, 6) is -0.0875. The van der Waals surface area contributed by atoms with Crippen LogP contribution in [0.4, 0.5) is 0 Å². The van der Waals surface area contributed by atoms with Gasteiger partial charge in [-0.3, -0.25) is 19.7 Å². The quantitative estimate of drug-likeness (QED) is 0.272. The lowest BCUT2D eigenvalue weighted by atomic mass is 9.92. The summed E-state index contributed by atoms with van der Waals surface area (Å²) >= 11 is 0. The van der Waals surface area contributed by atoms with Crippen molar-refractivity contribution in [3.05, 3.63) is 108 Å². The molecule has 5 aromatic rings. The van der Waals surface area contributed by atoms with Gasteiger partial charge in [-0.2, -0.15) is 0 Å². The second-order valence-corrected chi connectivity index (χ2v) is 7.30. The Kier molecular flexibility index (Phi) is 4.81. The lowest BCUT2D eigenvalue weighted by Gasteiger charge is -2.14. The Balaban J connectivity index is 1.67. The van der Waals surface area contributed by atoms with Crippen molar-refractivity contribution in [3.63, 3.8) is 0 Å². The largest absolute Gasteiger partial charge is 0.289 e. The minimum absolute atomic E-state index is 0.0875. The zero-order valence-corrected chi connectivity index (χ0v) is 17.0. The lowest BCUT2D eigenvalue weighted by molar-refractivity contribution is 0.104. The van der Waals surface area contributed by atoms with Gasteiger partial charge in [-0.05, 0) is 36.8 Å². The van der Waals surface area contributed by atoms with Gasteiger partial charge in [0.15, 0.2) is 5.78 Å². The van der Waals surface area contributed by atoms with Gasteiger partial charge in [0.1, 0.15) is 0 Å². The van der Waals surface area contributed by atoms with Crippen molar-refractivity contribution in [1.29, 1.82) is 0 Å². The van der Waals surface area contributed by atoms with Gasteiger partial charge in [0.25, 0.3) is 0 Å². The number of para-hydroxylation sites is 2. The SMILES string of the molecule is Cc1nc2ccccc2c(-c2ccccc2)c1C(=O)/C=C/c1cccc2nccnc12. The molecular formula is C27H19N3O. The Labute approximate surface area is 179 Å². The van der Waals surface area contributed by atoms with Crippen molar-refractivity contribution >= 4 is 33.8 Å². The minimum Gasteiger partial charge on any atom is -0.289 e. The highest BCUT2D eigenvalue weighted by Crippen LogP contribution is 2.33. The van der Waals surface area contributed by atoms with Gasteiger partial charge in [-0.25, -0.2) is 0 Å². The number of pyridine rings is 1. The maximum absolute atomic E-state index is 13.4. The van der Waals surface area contributed by atoms with E-state index in [-0.39, 0.29) is 5.78 Å². The predicted molar refractivity (Wildman–Crippen MR) is 125 cm³/mol. The van der Waals surface area contributed by atoms with Crippen molar-refractivity contribution < 1.29 is 4.79 Å². The fraction of sp³-hybridized carbons (Fsp3) is 0.0370. The fourth-order valence-corrected chi connectivity index (χ4v) is 3.94. The maximum atomic E-state index is 13.4. The standard InChI is InChI=1S/C27H19N3O/c1-18-25(24(31)15-14-20-10-7-13-23-27(20)29-17-16-28-23)26(19-8-3-2-4-9-19)21-11-5-6-12-22(21)30-18/h2-17H,1H3/b15-14+. The number of hydrogen-bond donors (Lipinski definition) is 0.